The van der Waals surface area contributed by atoms with E-state index in [0.29, 0.717) is 6.04 Å². The topological polar surface area (TPSA) is 95.8 Å². The van der Waals surface area contributed by atoms with E-state index >= 15 is 0 Å². The fourth-order valence-corrected chi connectivity index (χ4v) is 2.76. The molecule has 0 fully saturated rings. The molecule has 0 aliphatic rings. The standard InChI is InChI=1S/C16H21N7/c1-10(9-23(2)3)21-13-5-6-18-15-14(13)11(8-20-15)12-4-7-19-16(17)22-12/h4-8,10H,9H2,1-3H3,(H2,17,19,22)(H2,18,20,21). The highest BCUT2D eigenvalue weighted by Crippen LogP contribution is 2.32. The molecule has 0 bridgehead atoms. The molecule has 7 nitrogen and oxygen atoms in total. The van der Waals surface area contributed by atoms with E-state index in [9.17, 15) is 0 Å². The number of nitrogens with one attached hydrogen (secondary N) is 2. The van der Waals surface area contributed by atoms with Crippen molar-refractivity contribution in [3.8, 4) is 11.3 Å². The van der Waals surface area contributed by atoms with Crippen molar-refractivity contribution in [2.45, 2.75) is 13.0 Å². The molecule has 0 aliphatic heterocycles. The van der Waals surface area contributed by atoms with Crippen LogP contribution in [0.1, 0.15) is 6.92 Å². The van der Waals surface area contributed by atoms with Gasteiger partial charge in [-0.3, -0.25) is 0 Å². The lowest BCUT2D eigenvalue weighted by atomic mass is 10.1. The Hall–Kier alpha value is -2.67. The van der Waals surface area contributed by atoms with Crippen LogP contribution < -0.4 is 11.1 Å². The Bertz CT molecular complexity index is 809. The number of anilines is 2. The SMILES string of the molecule is CC(CN(C)C)Nc1ccnc2[nH]cc(-c3ccnc(N)n3)c12. The van der Waals surface area contributed by atoms with Crippen LogP contribution in [0, 0.1) is 0 Å². The lowest BCUT2D eigenvalue weighted by molar-refractivity contribution is 0.392. The smallest absolute Gasteiger partial charge is 0.220 e. The quantitative estimate of drug-likeness (QED) is 0.666. The van der Waals surface area contributed by atoms with E-state index in [1.165, 1.54) is 0 Å². The van der Waals surface area contributed by atoms with Crippen molar-refractivity contribution >= 4 is 22.7 Å². The van der Waals surface area contributed by atoms with E-state index in [-0.39, 0.29) is 5.95 Å². The zero-order valence-corrected chi connectivity index (χ0v) is 13.5. The van der Waals surface area contributed by atoms with Crippen LogP contribution in [0.5, 0.6) is 0 Å². The van der Waals surface area contributed by atoms with Crippen LogP contribution in [0.4, 0.5) is 11.6 Å². The number of hydrogen-bond donors (Lipinski definition) is 3. The van der Waals surface area contributed by atoms with Gasteiger partial charge in [0.1, 0.15) is 5.65 Å². The number of fused-ring (bicyclic) bond motifs is 1. The second kappa shape index (κ2) is 6.21. The maximum atomic E-state index is 5.71. The van der Waals surface area contributed by atoms with Crippen LogP contribution >= 0.6 is 0 Å². The van der Waals surface area contributed by atoms with E-state index in [2.05, 4.69) is 51.2 Å². The number of nitrogen functional groups attached to an aromatic ring is 1. The van der Waals surface area contributed by atoms with Crippen LogP contribution in [0.25, 0.3) is 22.3 Å². The van der Waals surface area contributed by atoms with Crippen molar-refractivity contribution < 1.29 is 0 Å². The van der Waals surface area contributed by atoms with Gasteiger partial charge in [0.15, 0.2) is 0 Å². The van der Waals surface area contributed by atoms with Gasteiger partial charge in [0.2, 0.25) is 5.95 Å². The summed E-state index contributed by atoms with van der Waals surface area (Å²) in [5.41, 5.74) is 9.30. The normalized spacial score (nSPS) is 12.7. The van der Waals surface area contributed by atoms with Crippen LogP contribution in [-0.2, 0) is 0 Å². The van der Waals surface area contributed by atoms with E-state index in [4.69, 9.17) is 5.73 Å². The van der Waals surface area contributed by atoms with Gasteiger partial charge in [-0.2, -0.15) is 0 Å². The number of H-pyrrole nitrogens is 1. The lowest BCUT2D eigenvalue weighted by Crippen LogP contribution is -2.29. The number of nitrogens with two attached hydrogens (primary N) is 1. The second-order valence-corrected chi connectivity index (χ2v) is 5.89. The summed E-state index contributed by atoms with van der Waals surface area (Å²) in [4.78, 5) is 18.0. The van der Waals surface area contributed by atoms with E-state index in [1.54, 1.807) is 12.4 Å². The van der Waals surface area contributed by atoms with Crippen LogP contribution in [0.15, 0.2) is 30.7 Å². The largest absolute Gasteiger partial charge is 0.381 e. The third-order valence-electron chi connectivity index (χ3n) is 3.56. The molecule has 23 heavy (non-hydrogen) atoms. The molecule has 0 saturated carbocycles. The molecule has 7 heteroatoms. The minimum atomic E-state index is 0.260. The molecule has 3 aromatic rings. The molecule has 1 atom stereocenters. The summed E-state index contributed by atoms with van der Waals surface area (Å²) in [6.45, 7) is 3.09. The summed E-state index contributed by atoms with van der Waals surface area (Å²) in [6, 6.07) is 4.13. The molecule has 0 saturated heterocycles. The predicted molar refractivity (Wildman–Crippen MR) is 93.2 cm³/mol. The Balaban J connectivity index is 2.04. The van der Waals surface area contributed by atoms with Crippen LogP contribution in [0.2, 0.25) is 0 Å². The number of likely N-dealkylation sites (N-methyl/N-ethyl adjacent to an activating group) is 1. The van der Waals surface area contributed by atoms with Gasteiger partial charge in [0.25, 0.3) is 0 Å². The first-order chi connectivity index (χ1) is 11.0. The Morgan fingerprint density at radius 3 is 2.78 bits per heavy atom. The number of aromatic nitrogens is 4. The second-order valence-electron chi connectivity index (χ2n) is 5.89. The molecule has 0 radical (unpaired) electrons. The molecule has 1 unspecified atom stereocenters. The Kier molecular flexibility index (Phi) is 4.12. The number of pyridine rings is 1. The summed E-state index contributed by atoms with van der Waals surface area (Å²) in [5.74, 6) is 0.260. The maximum absolute atomic E-state index is 5.71. The molecule has 3 heterocycles. The van der Waals surface area contributed by atoms with Gasteiger partial charge in [0.05, 0.1) is 11.1 Å². The minimum absolute atomic E-state index is 0.260. The fraction of sp³-hybridized carbons (Fsp3) is 0.312. The molecule has 0 aliphatic carbocycles. The molecule has 4 N–H and O–H groups in total. The summed E-state index contributed by atoms with van der Waals surface area (Å²) in [6.07, 6.45) is 5.36. The molecule has 3 rings (SSSR count). The summed E-state index contributed by atoms with van der Waals surface area (Å²) >= 11 is 0. The van der Waals surface area contributed by atoms with Crippen molar-refractivity contribution in [2.24, 2.45) is 0 Å². The molecule has 0 spiro atoms. The van der Waals surface area contributed by atoms with Gasteiger partial charge in [-0.1, -0.05) is 0 Å². The first kappa shape index (κ1) is 15.2. The van der Waals surface area contributed by atoms with Gasteiger partial charge in [-0.05, 0) is 33.2 Å². The Morgan fingerprint density at radius 2 is 2.04 bits per heavy atom. The fourth-order valence-electron chi connectivity index (χ4n) is 2.76. The van der Waals surface area contributed by atoms with Crippen LogP contribution in [-0.4, -0.2) is 51.5 Å². The summed E-state index contributed by atoms with van der Waals surface area (Å²) in [5, 5.41) is 4.56. The third-order valence-corrected chi connectivity index (χ3v) is 3.56. The van der Waals surface area contributed by atoms with Crippen LogP contribution in [0.3, 0.4) is 0 Å². The molecule has 0 amide bonds. The van der Waals surface area contributed by atoms with E-state index in [0.717, 1.165) is 34.5 Å². The monoisotopic (exact) mass is 311 g/mol. The first-order valence-electron chi connectivity index (χ1n) is 7.51. The van der Waals surface area contributed by atoms with Crippen molar-refractivity contribution in [1.29, 1.82) is 0 Å². The summed E-state index contributed by atoms with van der Waals surface area (Å²) < 4.78 is 0. The molecule has 120 valence electrons. The van der Waals surface area contributed by atoms with E-state index in [1.807, 2.05) is 18.3 Å². The van der Waals surface area contributed by atoms with Crippen molar-refractivity contribution in [2.75, 3.05) is 31.7 Å². The van der Waals surface area contributed by atoms with Gasteiger partial charge >= 0.3 is 0 Å². The number of hydrogen-bond acceptors (Lipinski definition) is 6. The predicted octanol–water partition coefficient (Wildman–Crippen LogP) is 1.96. The molecular formula is C16H21N7. The number of aromatic amines is 1. The summed E-state index contributed by atoms with van der Waals surface area (Å²) in [7, 11) is 4.12. The maximum Gasteiger partial charge on any atom is 0.220 e. The van der Waals surface area contributed by atoms with Crippen molar-refractivity contribution in [3.05, 3.63) is 30.7 Å². The average Bonchev–Trinajstić information content (AvgIpc) is 2.91. The van der Waals surface area contributed by atoms with Gasteiger partial charge < -0.3 is 20.9 Å². The average molecular weight is 311 g/mol. The number of nitrogens with zero attached hydrogens (tertiary/aromatic N) is 4. The van der Waals surface area contributed by atoms with E-state index < -0.39 is 0 Å². The first-order valence-corrected chi connectivity index (χ1v) is 7.51. The van der Waals surface area contributed by atoms with Gasteiger partial charge in [-0.15, -0.1) is 0 Å². The highest BCUT2D eigenvalue weighted by atomic mass is 15.1. The lowest BCUT2D eigenvalue weighted by Gasteiger charge is -2.20. The van der Waals surface area contributed by atoms with Crippen molar-refractivity contribution in [3.63, 3.8) is 0 Å². The highest BCUT2D eigenvalue weighted by molar-refractivity contribution is 6.01. The molecular weight excluding hydrogens is 290 g/mol. The molecule has 3 aromatic heterocycles. The minimum Gasteiger partial charge on any atom is -0.381 e. The number of rotatable bonds is 5. The zero-order chi connectivity index (χ0) is 16.4. The Labute approximate surface area is 135 Å². The van der Waals surface area contributed by atoms with Crippen molar-refractivity contribution in [1.82, 2.24) is 24.8 Å². The Morgan fingerprint density at radius 1 is 1.26 bits per heavy atom. The van der Waals surface area contributed by atoms with Gasteiger partial charge in [-0.25, -0.2) is 15.0 Å². The third kappa shape index (κ3) is 3.24. The molecule has 0 aromatic carbocycles. The van der Waals surface area contributed by atoms with Gasteiger partial charge in [0, 0.05) is 42.4 Å². The zero-order valence-electron chi connectivity index (χ0n) is 13.5. The highest BCUT2D eigenvalue weighted by Gasteiger charge is 2.14.